The number of rotatable bonds is 6. The number of hydrazone groups is 1. The van der Waals surface area contributed by atoms with Crippen molar-refractivity contribution in [3.05, 3.63) is 101 Å². The van der Waals surface area contributed by atoms with Gasteiger partial charge in [-0.05, 0) is 59.7 Å². The second-order valence-corrected chi connectivity index (χ2v) is 5.99. The third-order valence-electron chi connectivity index (χ3n) is 3.61. The number of hydrogen-bond acceptors (Lipinski definition) is 3. The Kier molecular flexibility index (Phi) is 6.01. The van der Waals surface area contributed by atoms with Crippen molar-refractivity contribution >= 4 is 23.7 Å². The van der Waals surface area contributed by atoms with Gasteiger partial charge in [0.25, 0.3) is 5.91 Å². The number of benzene rings is 3. The Labute approximate surface area is 157 Å². The van der Waals surface area contributed by atoms with Gasteiger partial charge in [-0.15, -0.1) is 0 Å². The average Bonchev–Trinajstić information content (AvgIpc) is 2.68. The van der Waals surface area contributed by atoms with Gasteiger partial charge in [-0.25, -0.2) is 5.43 Å². The molecule has 3 rings (SSSR count). The first kappa shape index (κ1) is 17.7. The van der Waals surface area contributed by atoms with Crippen molar-refractivity contribution in [2.45, 2.75) is 6.61 Å². The number of halogens is 1. The zero-order valence-electron chi connectivity index (χ0n) is 13.9. The van der Waals surface area contributed by atoms with Crippen LogP contribution in [0.2, 0.25) is 5.02 Å². The maximum absolute atomic E-state index is 11.9. The van der Waals surface area contributed by atoms with Gasteiger partial charge in [0.05, 0.1) is 6.21 Å². The van der Waals surface area contributed by atoms with Crippen LogP contribution in [-0.4, -0.2) is 12.1 Å². The topological polar surface area (TPSA) is 50.7 Å². The van der Waals surface area contributed by atoms with E-state index in [1.54, 1.807) is 30.5 Å². The third-order valence-corrected chi connectivity index (χ3v) is 3.87. The fraction of sp³-hybridized carbons (Fsp3) is 0.0476. The van der Waals surface area contributed by atoms with Crippen LogP contribution in [0.15, 0.2) is 84.0 Å². The molecule has 3 aromatic carbocycles. The first-order valence-electron chi connectivity index (χ1n) is 8.06. The van der Waals surface area contributed by atoms with E-state index < -0.39 is 0 Å². The number of nitrogens with one attached hydrogen (secondary N) is 1. The molecule has 0 aliphatic rings. The van der Waals surface area contributed by atoms with Crippen LogP contribution in [0.1, 0.15) is 21.5 Å². The number of carbonyl (C=O) groups excluding carboxylic acids is 1. The summed E-state index contributed by atoms with van der Waals surface area (Å²) in [6.45, 7) is 0.519. The minimum atomic E-state index is -0.291. The highest BCUT2D eigenvalue weighted by molar-refractivity contribution is 6.30. The zero-order valence-corrected chi connectivity index (χ0v) is 14.7. The molecule has 0 aliphatic heterocycles. The molecule has 0 saturated heterocycles. The van der Waals surface area contributed by atoms with E-state index in [9.17, 15) is 4.79 Å². The number of hydrogen-bond donors (Lipinski definition) is 1. The van der Waals surface area contributed by atoms with E-state index in [0.29, 0.717) is 17.2 Å². The zero-order chi connectivity index (χ0) is 18.2. The smallest absolute Gasteiger partial charge is 0.271 e. The lowest BCUT2D eigenvalue weighted by atomic mass is 10.2. The standard InChI is InChI=1S/C21H17ClN2O2/c22-19-10-8-18(9-11-19)21(25)24-23-14-16-6-12-20(13-7-16)26-15-17-4-2-1-3-5-17/h1-14H,15H2,(H,24,25). The van der Waals surface area contributed by atoms with Crippen molar-refractivity contribution in [1.82, 2.24) is 5.43 Å². The minimum Gasteiger partial charge on any atom is -0.489 e. The van der Waals surface area contributed by atoms with Crippen LogP contribution >= 0.6 is 11.6 Å². The fourth-order valence-electron chi connectivity index (χ4n) is 2.22. The molecule has 4 nitrogen and oxygen atoms in total. The highest BCUT2D eigenvalue weighted by atomic mass is 35.5. The summed E-state index contributed by atoms with van der Waals surface area (Å²) in [7, 11) is 0. The second-order valence-electron chi connectivity index (χ2n) is 5.55. The van der Waals surface area contributed by atoms with Crippen molar-refractivity contribution in [1.29, 1.82) is 0 Å². The predicted molar refractivity (Wildman–Crippen MR) is 104 cm³/mol. The number of nitrogens with zero attached hydrogens (tertiary/aromatic N) is 1. The predicted octanol–water partition coefficient (Wildman–Crippen LogP) is 4.68. The van der Waals surface area contributed by atoms with Crippen molar-refractivity contribution < 1.29 is 9.53 Å². The van der Waals surface area contributed by atoms with E-state index in [2.05, 4.69) is 10.5 Å². The summed E-state index contributed by atoms with van der Waals surface area (Å²) >= 11 is 5.80. The van der Waals surface area contributed by atoms with Gasteiger partial charge in [0.1, 0.15) is 12.4 Å². The Balaban J connectivity index is 1.51. The first-order valence-corrected chi connectivity index (χ1v) is 8.44. The van der Waals surface area contributed by atoms with E-state index in [1.165, 1.54) is 0 Å². The van der Waals surface area contributed by atoms with Crippen LogP contribution in [0.3, 0.4) is 0 Å². The molecule has 1 amide bonds. The van der Waals surface area contributed by atoms with Crippen molar-refractivity contribution in [3.63, 3.8) is 0 Å². The third kappa shape index (κ3) is 5.19. The Bertz CT molecular complexity index is 876. The molecular formula is C21H17ClN2O2. The first-order chi connectivity index (χ1) is 12.7. The van der Waals surface area contributed by atoms with Crippen LogP contribution in [0, 0.1) is 0 Å². The molecule has 1 N–H and O–H groups in total. The van der Waals surface area contributed by atoms with E-state index in [0.717, 1.165) is 16.9 Å². The SMILES string of the molecule is O=C(NN=Cc1ccc(OCc2ccccc2)cc1)c1ccc(Cl)cc1. The monoisotopic (exact) mass is 364 g/mol. The quantitative estimate of drug-likeness (QED) is 0.510. The molecule has 0 saturated carbocycles. The number of amides is 1. The van der Waals surface area contributed by atoms with Gasteiger partial charge in [0.2, 0.25) is 0 Å². The molecule has 26 heavy (non-hydrogen) atoms. The van der Waals surface area contributed by atoms with Crippen LogP contribution < -0.4 is 10.2 Å². The Morgan fingerprint density at radius 2 is 1.65 bits per heavy atom. The highest BCUT2D eigenvalue weighted by Crippen LogP contribution is 2.13. The summed E-state index contributed by atoms with van der Waals surface area (Å²) in [4.78, 5) is 11.9. The molecule has 130 valence electrons. The molecule has 0 aromatic heterocycles. The molecule has 0 bridgehead atoms. The lowest BCUT2D eigenvalue weighted by molar-refractivity contribution is 0.0955. The van der Waals surface area contributed by atoms with Crippen LogP contribution in [-0.2, 0) is 6.61 Å². The summed E-state index contributed by atoms with van der Waals surface area (Å²) in [5, 5.41) is 4.55. The number of ether oxygens (including phenoxy) is 1. The van der Waals surface area contributed by atoms with Gasteiger partial charge in [0.15, 0.2) is 0 Å². The van der Waals surface area contributed by atoms with Gasteiger partial charge >= 0.3 is 0 Å². The van der Waals surface area contributed by atoms with Crippen molar-refractivity contribution in [2.24, 2.45) is 5.10 Å². The lowest BCUT2D eigenvalue weighted by Gasteiger charge is -2.06. The van der Waals surface area contributed by atoms with Crippen molar-refractivity contribution in [3.8, 4) is 5.75 Å². The van der Waals surface area contributed by atoms with Crippen molar-refractivity contribution in [2.75, 3.05) is 0 Å². The number of carbonyl (C=O) groups is 1. The Morgan fingerprint density at radius 1 is 0.962 bits per heavy atom. The second kappa shape index (κ2) is 8.83. The summed E-state index contributed by atoms with van der Waals surface area (Å²) in [6.07, 6.45) is 1.58. The molecule has 0 spiro atoms. The Morgan fingerprint density at radius 3 is 2.35 bits per heavy atom. The molecule has 3 aromatic rings. The molecule has 0 heterocycles. The maximum Gasteiger partial charge on any atom is 0.271 e. The minimum absolute atomic E-state index is 0.291. The molecule has 0 aliphatic carbocycles. The molecule has 0 atom stereocenters. The average molecular weight is 365 g/mol. The molecule has 0 unspecified atom stereocenters. The maximum atomic E-state index is 11.9. The normalized spacial score (nSPS) is 10.7. The largest absolute Gasteiger partial charge is 0.489 e. The Hall–Kier alpha value is -3.11. The van der Waals surface area contributed by atoms with Crippen LogP contribution in [0.5, 0.6) is 5.75 Å². The van der Waals surface area contributed by atoms with Gasteiger partial charge in [-0.2, -0.15) is 5.10 Å². The van der Waals surface area contributed by atoms with E-state index in [-0.39, 0.29) is 5.91 Å². The van der Waals surface area contributed by atoms with E-state index in [4.69, 9.17) is 16.3 Å². The summed E-state index contributed by atoms with van der Waals surface area (Å²) in [5.74, 6) is 0.483. The lowest BCUT2D eigenvalue weighted by Crippen LogP contribution is -2.17. The van der Waals surface area contributed by atoms with Gasteiger partial charge in [-0.3, -0.25) is 4.79 Å². The molecule has 0 fully saturated rings. The van der Waals surface area contributed by atoms with E-state index >= 15 is 0 Å². The van der Waals surface area contributed by atoms with Gasteiger partial charge in [-0.1, -0.05) is 41.9 Å². The van der Waals surface area contributed by atoms with Crippen LogP contribution in [0.25, 0.3) is 0 Å². The molecule has 5 heteroatoms. The summed E-state index contributed by atoms with van der Waals surface area (Å²) in [5.41, 5.74) is 4.95. The highest BCUT2D eigenvalue weighted by Gasteiger charge is 2.03. The summed E-state index contributed by atoms with van der Waals surface area (Å²) in [6, 6.07) is 24.1. The van der Waals surface area contributed by atoms with Gasteiger partial charge < -0.3 is 4.74 Å². The summed E-state index contributed by atoms with van der Waals surface area (Å²) < 4.78 is 5.73. The molecule has 0 radical (unpaired) electrons. The van der Waals surface area contributed by atoms with E-state index in [1.807, 2.05) is 54.6 Å². The van der Waals surface area contributed by atoms with Crippen LogP contribution in [0.4, 0.5) is 0 Å². The fourth-order valence-corrected chi connectivity index (χ4v) is 2.35. The molecular weight excluding hydrogens is 348 g/mol. The van der Waals surface area contributed by atoms with Gasteiger partial charge in [0, 0.05) is 10.6 Å².